The Morgan fingerprint density at radius 3 is 2.55 bits per heavy atom. The van der Waals surface area contributed by atoms with E-state index in [9.17, 15) is 14.0 Å². The summed E-state index contributed by atoms with van der Waals surface area (Å²) in [5.74, 6) is -0.466. The Balaban J connectivity index is 1.63. The van der Waals surface area contributed by atoms with Gasteiger partial charge in [-0.3, -0.25) is 9.59 Å². The average Bonchev–Trinajstić information content (AvgIpc) is 2.55. The van der Waals surface area contributed by atoms with Gasteiger partial charge in [0, 0.05) is 12.5 Å². The van der Waals surface area contributed by atoms with Crippen LogP contribution in [0, 0.1) is 11.7 Å². The molecule has 120 valence electrons. The Morgan fingerprint density at radius 1 is 1.09 bits per heavy atom. The van der Waals surface area contributed by atoms with Crippen LogP contribution in [0.2, 0.25) is 0 Å². The highest BCUT2D eigenvalue weighted by atomic mass is 19.1. The fourth-order valence-electron chi connectivity index (χ4n) is 2.78. The molecule has 2 N–H and O–H groups in total. The van der Waals surface area contributed by atoms with Crippen molar-refractivity contribution in [2.24, 2.45) is 5.92 Å². The first-order valence-corrected chi connectivity index (χ1v) is 7.94. The summed E-state index contributed by atoms with van der Waals surface area (Å²) in [6, 6.07) is 6.51. The van der Waals surface area contributed by atoms with Gasteiger partial charge in [-0.1, -0.05) is 37.5 Å². The summed E-state index contributed by atoms with van der Waals surface area (Å²) in [7, 11) is 0. The molecule has 0 heterocycles. The van der Waals surface area contributed by atoms with E-state index < -0.39 is 0 Å². The van der Waals surface area contributed by atoms with E-state index in [0.29, 0.717) is 18.5 Å². The fraction of sp³-hybridized carbons (Fsp3) is 0.529. The van der Waals surface area contributed by atoms with E-state index in [1.165, 1.54) is 12.5 Å². The lowest BCUT2D eigenvalue weighted by Crippen LogP contribution is -2.40. The van der Waals surface area contributed by atoms with Gasteiger partial charge in [-0.2, -0.15) is 0 Å². The molecule has 0 aromatic heterocycles. The van der Waals surface area contributed by atoms with Crippen molar-refractivity contribution in [3.63, 3.8) is 0 Å². The highest BCUT2D eigenvalue weighted by Gasteiger charge is 2.21. The summed E-state index contributed by atoms with van der Waals surface area (Å²) < 4.78 is 13.4. The molecule has 0 aliphatic heterocycles. The molecule has 0 unspecified atom stereocenters. The van der Waals surface area contributed by atoms with Crippen LogP contribution in [0.25, 0.3) is 0 Å². The van der Waals surface area contributed by atoms with Crippen molar-refractivity contribution in [3.8, 4) is 0 Å². The van der Waals surface area contributed by atoms with Gasteiger partial charge in [0.1, 0.15) is 5.82 Å². The average molecular weight is 306 g/mol. The van der Waals surface area contributed by atoms with Crippen molar-refractivity contribution in [2.75, 3.05) is 13.1 Å². The van der Waals surface area contributed by atoms with E-state index in [1.54, 1.807) is 18.2 Å². The van der Waals surface area contributed by atoms with E-state index in [1.807, 2.05) is 0 Å². The Labute approximate surface area is 130 Å². The number of amides is 2. The van der Waals surface area contributed by atoms with Crippen LogP contribution in [0.5, 0.6) is 0 Å². The molecule has 22 heavy (non-hydrogen) atoms. The lowest BCUT2D eigenvalue weighted by atomic mass is 9.89. The van der Waals surface area contributed by atoms with Gasteiger partial charge in [-0.05, 0) is 30.9 Å². The molecule has 5 heteroatoms. The van der Waals surface area contributed by atoms with Crippen LogP contribution in [0.1, 0.15) is 37.7 Å². The van der Waals surface area contributed by atoms with Crippen molar-refractivity contribution in [2.45, 2.75) is 38.5 Å². The van der Waals surface area contributed by atoms with Crippen LogP contribution < -0.4 is 10.6 Å². The molecule has 1 aromatic carbocycles. The smallest absolute Gasteiger partial charge is 0.239 e. The molecule has 4 nitrogen and oxygen atoms in total. The minimum Gasteiger partial charge on any atom is -0.354 e. The normalized spacial score (nSPS) is 15.3. The number of carbonyl (C=O) groups is 2. The van der Waals surface area contributed by atoms with Crippen molar-refractivity contribution >= 4 is 11.8 Å². The zero-order valence-electron chi connectivity index (χ0n) is 12.7. The SMILES string of the molecule is O=C(CNC(=O)C1CCCCC1)NCCc1ccccc1F. The number of halogens is 1. The highest BCUT2D eigenvalue weighted by Crippen LogP contribution is 2.23. The molecule has 2 rings (SSSR count). The fourth-order valence-corrected chi connectivity index (χ4v) is 2.78. The van der Waals surface area contributed by atoms with E-state index in [2.05, 4.69) is 10.6 Å². The topological polar surface area (TPSA) is 58.2 Å². The molecule has 0 spiro atoms. The van der Waals surface area contributed by atoms with Crippen molar-refractivity contribution in [1.82, 2.24) is 10.6 Å². The first-order chi connectivity index (χ1) is 10.7. The number of benzene rings is 1. The molecule has 1 saturated carbocycles. The summed E-state index contributed by atoms with van der Waals surface area (Å²) in [4.78, 5) is 23.6. The number of hydrogen-bond acceptors (Lipinski definition) is 2. The molecule has 1 aromatic rings. The van der Waals surface area contributed by atoms with Crippen molar-refractivity contribution < 1.29 is 14.0 Å². The van der Waals surface area contributed by atoms with Gasteiger partial charge in [0.15, 0.2) is 0 Å². The van der Waals surface area contributed by atoms with Gasteiger partial charge in [-0.25, -0.2) is 4.39 Å². The lowest BCUT2D eigenvalue weighted by molar-refractivity contribution is -0.129. The predicted molar refractivity (Wildman–Crippen MR) is 82.7 cm³/mol. The maximum atomic E-state index is 13.4. The Kier molecular flexibility index (Phi) is 6.37. The zero-order chi connectivity index (χ0) is 15.8. The Morgan fingerprint density at radius 2 is 1.82 bits per heavy atom. The van der Waals surface area contributed by atoms with Gasteiger partial charge in [0.25, 0.3) is 0 Å². The van der Waals surface area contributed by atoms with Crippen LogP contribution in [0.4, 0.5) is 4.39 Å². The number of carbonyl (C=O) groups excluding carboxylic acids is 2. The highest BCUT2D eigenvalue weighted by molar-refractivity contribution is 5.85. The second-order valence-electron chi connectivity index (χ2n) is 5.74. The van der Waals surface area contributed by atoms with Crippen molar-refractivity contribution in [3.05, 3.63) is 35.6 Å². The number of hydrogen-bond donors (Lipinski definition) is 2. The molecule has 0 bridgehead atoms. The molecule has 1 fully saturated rings. The third-order valence-electron chi connectivity index (χ3n) is 4.07. The molecule has 1 aliphatic carbocycles. The third-order valence-corrected chi connectivity index (χ3v) is 4.07. The van der Waals surface area contributed by atoms with E-state index in [0.717, 1.165) is 25.7 Å². The second-order valence-corrected chi connectivity index (χ2v) is 5.74. The third kappa shape index (κ3) is 5.13. The molecular formula is C17H23FN2O2. The molecule has 0 saturated heterocycles. The minimum atomic E-state index is -0.262. The molecular weight excluding hydrogens is 283 g/mol. The summed E-state index contributed by atoms with van der Waals surface area (Å²) in [6.07, 6.45) is 5.65. The quantitative estimate of drug-likeness (QED) is 0.846. The van der Waals surface area contributed by atoms with Gasteiger partial charge in [0.05, 0.1) is 6.54 Å². The Bertz CT molecular complexity index is 513. The summed E-state index contributed by atoms with van der Waals surface area (Å²) in [6.45, 7) is 0.353. The number of nitrogens with one attached hydrogen (secondary N) is 2. The first-order valence-electron chi connectivity index (χ1n) is 7.94. The Hall–Kier alpha value is -1.91. The van der Waals surface area contributed by atoms with Gasteiger partial charge in [0.2, 0.25) is 11.8 Å². The molecule has 0 atom stereocenters. The lowest BCUT2D eigenvalue weighted by Gasteiger charge is -2.20. The number of rotatable bonds is 6. The summed E-state index contributed by atoms with van der Waals surface area (Å²) >= 11 is 0. The molecule has 2 amide bonds. The van der Waals surface area contributed by atoms with Crippen molar-refractivity contribution in [1.29, 1.82) is 0 Å². The summed E-state index contributed by atoms with van der Waals surface area (Å²) in [5, 5.41) is 5.38. The maximum Gasteiger partial charge on any atom is 0.239 e. The van der Waals surface area contributed by atoms with Crippen LogP contribution in [0.15, 0.2) is 24.3 Å². The molecule has 1 aliphatic rings. The maximum absolute atomic E-state index is 13.4. The van der Waals surface area contributed by atoms with Gasteiger partial charge in [-0.15, -0.1) is 0 Å². The van der Waals surface area contributed by atoms with Crippen LogP contribution in [-0.2, 0) is 16.0 Å². The van der Waals surface area contributed by atoms with Crippen LogP contribution >= 0.6 is 0 Å². The first kappa shape index (κ1) is 16.5. The minimum absolute atomic E-state index is 0.00734. The predicted octanol–water partition coefficient (Wildman–Crippen LogP) is 2.18. The largest absolute Gasteiger partial charge is 0.354 e. The molecule has 0 radical (unpaired) electrons. The van der Waals surface area contributed by atoms with E-state index in [-0.39, 0.29) is 30.1 Å². The van der Waals surface area contributed by atoms with Crippen LogP contribution in [0.3, 0.4) is 0 Å². The second kappa shape index (κ2) is 8.51. The van der Waals surface area contributed by atoms with E-state index >= 15 is 0 Å². The zero-order valence-corrected chi connectivity index (χ0v) is 12.7. The van der Waals surface area contributed by atoms with Gasteiger partial charge >= 0.3 is 0 Å². The van der Waals surface area contributed by atoms with Crippen LogP contribution in [-0.4, -0.2) is 24.9 Å². The standard InChI is InChI=1S/C17H23FN2O2/c18-15-9-5-4-6-13(15)10-11-19-16(21)12-20-17(22)14-7-2-1-3-8-14/h4-6,9,14H,1-3,7-8,10-12H2,(H,19,21)(H,20,22). The van der Waals surface area contributed by atoms with Gasteiger partial charge < -0.3 is 10.6 Å². The monoisotopic (exact) mass is 306 g/mol. The summed E-state index contributed by atoms with van der Waals surface area (Å²) in [5.41, 5.74) is 0.578. The van der Waals surface area contributed by atoms with E-state index in [4.69, 9.17) is 0 Å².